The molecule has 4 aromatic rings. The van der Waals surface area contributed by atoms with Crippen LogP contribution in [0.5, 0.6) is 5.75 Å². The molecule has 5 heterocycles. The largest absolute Gasteiger partial charge is 0.493 e. The normalized spacial score (nSPS) is 17.5. The van der Waals surface area contributed by atoms with Gasteiger partial charge in [0, 0.05) is 65.1 Å². The number of ether oxygens (including phenoxy) is 1. The number of hydrogen-bond acceptors (Lipinski definition) is 6. The number of aryl methyl sites for hydroxylation is 2. The number of imidazole rings is 1. The number of pyridine rings is 1. The summed E-state index contributed by atoms with van der Waals surface area (Å²) in [5.41, 5.74) is 5.73. The SMILES string of the molecule is Cc1ccc(-c2cnc(NCc3c(F)ccc4c3CCO4)n3cnc([SH]4(=O)CCCCN4)c23)c(C)n1. The zero-order valence-electron chi connectivity index (χ0n) is 20.3. The number of fused-ring (bicyclic) bond motifs is 2. The topological polar surface area (TPSA) is 93.4 Å². The second kappa shape index (κ2) is 8.94. The third-order valence-electron chi connectivity index (χ3n) is 7.04. The first-order valence-electron chi connectivity index (χ1n) is 12.3. The molecule has 0 unspecified atom stereocenters. The highest BCUT2D eigenvalue weighted by Gasteiger charge is 2.28. The molecule has 0 radical (unpaired) electrons. The molecule has 0 amide bonds. The Hall–Kier alpha value is -3.37. The van der Waals surface area contributed by atoms with Gasteiger partial charge >= 0.3 is 0 Å². The van der Waals surface area contributed by atoms with E-state index in [1.807, 2.05) is 30.4 Å². The molecule has 1 saturated heterocycles. The van der Waals surface area contributed by atoms with Crippen molar-refractivity contribution in [2.75, 3.05) is 24.2 Å². The van der Waals surface area contributed by atoms with Crippen LogP contribution in [0.3, 0.4) is 0 Å². The average molecular weight is 509 g/mol. The van der Waals surface area contributed by atoms with Gasteiger partial charge in [-0.1, -0.05) is 6.07 Å². The Morgan fingerprint density at radius 1 is 1.17 bits per heavy atom. The Bertz CT molecular complexity index is 1520. The van der Waals surface area contributed by atoms with Gasteiger partial charge in [-0.25, -0.2) is 14.4 Å². The lowest BCUT2D eigenvalue weighted by Crippen LogP contribution is -2.39. The number of thiol groups is 1. The predicted octanol–water partition coefficient (Wildman–Crippen LogP) is 3.77. The smallest absolute Gasteiger partial charge is 0.209 e. The molecule has 0 bridgehead atoms. The summed E-state index contributed by atoms with van der Waals surface area (Å²) in [5.74, 6) is 1.53. The summed E-state index contributed by atoms with van der Waals surface area (Å²) in [6, 6.07) is 7.10. The Kier molecular flexibility index (Phi) is 5.72. The molecule has 2 N–H and O–H groups in total. The van der Waals surface area contributed by atoms with E-state index in [1.165, 1.54) is 6.07 Å². The van der Waals surface area contributed by atoms with Crippen LogP contribution in [0.15, 0.2) is 41.8 Å². The third-order valence-corrected chi connectivity index (χ3v) is 9.73. The van der Waals surface area contributed by atoms with E-state index < -0.39 is 10.1 Å². The highest BCUT2D eigenvalue weighted by Crippen LogP contribution is 2.35. The average Bonchev–Trinajstić information content (AvgIpc) is 3.52. The molecule has 0 saturated carbocycles. The Morgan fingerprint density at radius 3 is 2.86 bits per heavy atom. The van der Waals surface area contributed by atoms with E-state index in [0.717, 1.165) is 52.2 Å². The quantitative estimate of drug-likeness (QED) is 0.356. The van der Waals surface area contributed by atoms with Crippen molar-refractivity contribution in [2.45, 2.75) is 44.7 Å². The summed E-state index contributed by atoms with van der Waals surface area (Å²) in [6.45, 7) is 5.42. The maximum atomic E-state index is 14.7. The summed E-state index contributed by atoms with van der Waals surface area (Å²) >= 11 is 0. The van der Waals surface area contributed by atoms with Gasteiger partial charge in [-0.15, -0.1) is 0 Å². The van der Waals surface area contributed by atoms with Gasteiger partial charge in [-0.2, -0.15) is 0 Å². The van der Waals surface area contributed by atoms with Crippen LogP contribution in [-0.2, 0) is 23.1 Å². The molecule has 2 aliphatic heterocycles. The lowest BCUT2D eigenvalue weighted by atomic mass is 10.0. The number of aromatic nitrogens is 4. The van der Waals surface area contributed by atoms with Crippen molar-refractivity contribution in [3.63, 3.8) is 0 Å². The number of rotatable bonds is 5. The second-order valence-corrected chi connectivity index (χ2v) is 12.1. The maximum Gasteiger partial charge on any atom is 0.209 e. The van der Waals surface area contributed by atoms with Crippen LogP contribution in [0, 0.1) is 19.7 Å². The summed E-state index contributed by atoms with van der Waals surface area (Å²) in [7, 11) is -2.89. The van der Waals surface area contributed by atoms with Crippen molar-refractivity contribution in [3.05, 3.63) is 65.1 Å². The molecule has 1 fully saturated rings. The van der Waals surface area contributed by atoms with E-state index in [-0.39, 0.29) is 12.4 Å². The predicted molar refractivity (Wildman–Crippen MR) is 139 cm³/mol. The molecule has 0 atom stereocenters. The number of nitrogens with zero attached hydrogens (tertiary/aromatic N) is 4. The second-order valence-electron chi connectivity index (χ2n) is 9.40. The van der Waals surface area contributed by atoms with Gasteiger partial charge < -0.3 is 10.1 Å². The number of halogens is 1. The molecule has 0 aliphatic carbocycles. The number of nitrogens with one attached hydrogen (secondary N) is 2. The first-order valence-corrected chi connectivity index (χ1v) is 14.2. The zero-order chi connectivity index (χ0) is 24.9. The van der Waals surface area contributed by atoms with Crippen LogP contribution in [0.2, 0.25) is 0 Å². The van der Waals surface area contributed by atoms with Gasteiger partial charge in [0.2, 0.25) is 5.95 Å². The molecular weight excluding hydrogens is 479 g/mol. The minimum absolute atomic E-state index is 0.244. The highest BCUT2D eigenvalue weighted by molar-refractivity contribution is 8.01. The van der Waals surface area contributed by atoms with Crippen LogP contribution in [0.4, 0.5) is 10.3 Å². The van der Waals surface area contributed by atoms with Crippen molar-refractivity contribution in [1.29, 1.82) is 0 Å². The highest BCUT2D eigenvalue weighted by atomic mass is 32.3. The van der Waals surface area contributed by atoms with Gasteiger partial charge in [-0.3, -0.25) is 18.3 Å². The number of anilines is 1. The van der Waals surface area contributed by atoms with Gasteiger partial charge in [0.1, 0.15) is 22.9 Å². The maximum absolute atomic E-state index is 14.7. The third kappa shape index (κ3) is 3.84. The van der Waals surface area contributed by atoms with Gasteiger partial charge in [-0.05, 0) is 55.0 Å². The standard InChI is InChI=1S/C26H29FN6O2S/c1-16-5-6-18(17(2)32-16)21-14-29-26(28-13-20-19-9-11-35-23(19)8-7-22(20)27)33-15-30-25(24(21)33)36(34)12-4-3-10-31-36/h5-8,14-15,36H,3-4,9-13H2,1-2H3,(H,28,29)(H,31,34). The minimum atomic E-state index is -2.89. The number of benzene rings is 1. The molecule has 0 spiro atoms. The first kappa shape index (κ1) is 23.1. The summed E-state index contributed by atoms with van der Waals surface area (Å²) in [5, 5.41) is 3.85. The van der Waals surface area contributed by atoms with Gasteiger partial charge in [0.05, 0.1) is 12.1 Å². The van der Waals surface area contributed by atoms with Crippen LogP contribution >= 0.6 is 0 Å². The van der Waals surface area contributed by atoms with Gasteiger partial charge in [0.15, 0.2) is 0 Å². The molecule has 1 aromatic carbocycles. The lowest BCUT2D eigenvalue weighted by molar-refractivity contribution is 0.356. The number of hydrogen-bond donors (Lipinski definition) is 3. The van der Waals surface area contributed by atoms with Crippen LogP contribution < -0.4 is 14.8 Å². The Balaban J connectivity index is 1.47. The molecule has 188 valence electrons. The van der Waals surface area contributed by atoms with Gasteiger partial charge in [0.25, 0.3) is 0 Å². The van der Waals surface area contributed by atoms with E-state index in [1.54, 1.807) is 18.6 Å². The van der Waals surface area contributed by atoms with Crippen molar-refractivity contribution in [2.24, 2.45) is 0 Å². The Labute approximate surface area is 209 Å². The lowest BCUT2D eigenvalue weighted by Gasteiger charge is -2.28. The summed E-state index contributed by atoms with van der Waals surface area (Å²) < 4.78 is 39.4. The fraction of sp³-hybridized carbons (Fsp3) is 0.346. The summed E-state index contributed by atoms with van der Waals surface area (Å²) in [6.07, 6.45) is 5.99. The molecule has 6 rings (SSSR count). The summed E-state index contributed by atoms with van der Waals surface area (Å²) in [4.78, 5) is 14.0. The molecule has 10 heteroatoms. The Morgan fingerprint density at radius 2 is 2.06 bits per heavy atom. The molecular formula is C26H29FN6O2S. The van der Waals surface area contributed by atoms with E-state index in [4.69, 9.17) is 4.74 Å². The van der Waals surface area contributed by atoms with E-state index in [9.17, 15) is 8.60 Å². The van der Waals surface area contributed by atoms with Crippen molar-refractivity contribution in [3.8, 4) is 16.9 Å². The fourth-order valence-corrected chi connectivity index (χ4v) is 7.73. The van der Waals surface area contributed by atoms with Crippen LogP contribution in [0.1, 0.15) is 35.4 Å². The first-order chi connectivity index (χ1) is 17.4. The van der Waals surface area contributed by atoms with Crippen LogP contribution in [-0.4, -0.2) is 42.5 Å². The van der Waals surface area contributed by atoms with E-state index >= 15 is 0 Å². The molecule has 8 nitrogen and oxygen atoms in total. The van der Waals surface area contributed by atoms with E-state index in [2.05, 4.69) is 25.0 Å². The monoisotopic (exact) mass is 508 g/mol. The van der Waals surface area contributed by atoms with Crippen molar-refractivity contribution in [1.82, 2.24) is 24.1 Å². The van der Waals surface area contributed by atoms with E-state index in [0.29, 0.717) is 41.9 Å². The van der Waals surface area contributed by atoms with Crippen molar-refractivity contribution < 1.29 is 13.3 Å². The molecule has 36 heavy (non-hydrogen) atoms. The molecule has 2 aliphatic rings. The fourth-order valence-electron chi connectivity index (χ4n) is 5.22. The minimum Gasteiger partial charge on any atom is -0.493 e. The van der Waals surface area contributed by atoms with Crippen LogP contribution in [0.25, 0.3) is 16.6 Å². The van der Waals surface area contributed by atoms with Crippen molar-refractivity contribution >= 4 is 21.6 Å². The molecule has 3 aromatic heterocycles. The zero-order valence-corrected chi connectivity index (χ0v) is 21.2.